The summed E-state index contributed by atoms with van der Waals surface area (Å²) in [5.74, 6) is -0.0920. The molecule has 0 atom stereocenters. The minimum Gasteiger partial charge on any atom is -0.354 e. The first kappa shape index (κ1) is 18.0. The van der Waals surface area contributed by atoms with Gasteiger partial charge in [0.25, 0.3) is 5.56 Å². The van der Waals surface area contributed by atoms with Gasteiger partial charge in [-0.2, -0.15) is 0 Å². The summed E-state index contributed by atoms with van der Waals surface area (Å²) in [6, 6.07) is 6.90. The summed E-state index contributed by atoms with van der Waals surface area (Å²) >= 11 is 0. The Kier molecular flexibility index (Phi) is 5.93. The van der Waals surface area contributed by atoms with E-state index >= 15 is 0 Å². The van der Waals surface area contributed by atoms with Gasteiger partial charge in [0.15, 0.2) is 0 Å². The SMILES string of the molecule is O=C(Cn1nnc2ccccc2c1=O)NCCCN1CCCCCC1=O. The van der Waals surface area contributed by atoms with E-state index in [9.17, 15) is 14.4 Å². The summed E-state index contributed by atoms with van der Waals surface area (Å²) in [6.07, 6.45) is 4.42. The van der Waals surface area contributed by atoms with Gasteiger partial charge in [0.1, 0.15) is 12.1 Å². The molecule has 3 rings (SSSR count). The summed E-state index contributed by atoms with van der Waals surface area (Å²) in [5.41, 5.74) is 0.178. The number of nitrogens with one attached hydrogen (secondary N) is 1. The fraction of sp³-hybridized carbons (Fsp3) is 0.500. The standard InChI is InChI=1S/C18H23N5O3/c24-16(19-10-6-12-22-11-5-1-2-9-17(22)25)13-23-18(26)14-7-3-4-8-15(14)20-21-23/h3-4,7-8H,1-2,5-6,9-13H2,(H,19,24). The summed E-state index contributed by atoms with van der Waals surface area (Å²) in [4.78, 5) is 38.1. The van der Waals surface area contributed by atoms with Gasteiger partial charge < -0.3 is 10.2 Å². The highest BCUT2D eigenvalue weighted by Gasteiger charge is 2.16. The zero-order valence-corrected chi connectivity index (χ0v) is 14.7. The maximum absolute atomic E-state index is 12.3. The predicted molar refractivity (Wildman–Crippen MR) is 96.5 cm³/mol. The molecule has 2 aromatic rings. The van der Waals surface area contributed by atoms with Crippen molar-refractivity contribution in [1.82, 2.24) is 25.2 Å². The van der Waals surface area contributed by atoms with E-state index in [0.717, 1.165) is 30.5 Å². The van der Waals surface area contributed by atoms with Gasteiger partial charge >= 0.3 is 0 Å². The molecule has 0 unspecified atom stereocenters. The molecule has 8 nitrogen and oxygen atoms in total. The van der Waals surface area contributed by atoms with Crippen LogP contribution in [0.2, 0.25) is 0 Å². The van der Waals surface area contributed by atoms with Gasteiger partial charge in [-0.1, -0.05) is 23.8 Å². The molecule has 8 heteroatoms. The number of carbonyl (C=O) groups excluding carboxylic acids is 2. The molecular weight excluding hydrogens is 334 g/mol. The number of hydrogen-bond acceptors (Lipinski definition) is 5. The highest BCUT2D eigenvalue weighted by atomic mass is 16.2. The lowest BCUT2D eigenvalue weighted by molar-refractivity contribution is -0.130. The number of hydrogen-bond donors (Lipinski definition) is 1. The third-order valence-electron chi connectivity index (χ3n) is 4.52. The third-order valence-corrected chi connectivity index (χ3v) is 4.52. The first-order valence-corrected chi connectivity index (χ1v) is 9.02. The maximum Gasteiger partial charge on any atom is 0.278 e. The van der Waals surface area contributed by atoms with Crippen LogP contribution in [0.3, 0.4) is 0 Å². The number of fused-ring (bicyclic) bond motifs is 1. The van der Waals surface area contributed by atoms with E-state index in [2.05, 4.69) is 15.6 Å². The van der Waals surface area contributed by atoms with Gasteiger partial charge in [-0.05, 0) is 31.4 Å². The fourth-order valence-corrected chi connectivity index (χ4v) is 3.09. The predicted octanol–water partition coefficient (Wildman–Crippen LogP) is 0.700. The summed E-state index contributed by atoms with van der Waals surface area (Å²) in [5, 5.41) is 11.0. The van der Waals surface area contributed by atoms with Crippen molar-refractivity contribution in [2.75, 3.05) is 19.6 Å². The molecule has 1 aromatic heterocycles. The summed E-state index contributed by atoms with van der Waals surface area (Å²) in [6.45, 7) is 1.74. The lowest BCUT2D eigenvalue weighted by Crippen LogP contribution is -2.36. The largest absolute Gasteiger partial charge is 0.354 e. The molecule has 0 bridgehead atoms. The molecule has 1 aromatic carbocycles. The third kappa shape index (κ3) is 4.44. The van der Waals surface area contributed by atoms with Crippen LogP contribution in [0.1, 0.15) is 32.1 Å². The number of rotatable bonds is 6. The first-order chi connectivity index (χ1) is 12.6. The van der Waals surface area contributed by atoms with Gasteiger partial charge in [-0.15, -0.1) is 5.10 Å². The number of aromatic nitrogens is 3. The number of likely N-dealkylation sites (tertiary alicyclic amines) is 1. The Labute approximate surface area is 151 Å². The van der Waals surface area contributed by atoms with Crippen molar-refractivity contribution in [1.29, 1.82) is 0 Å². The van der Waals surface area contributed by atoms with E-state index in [-0.39, 0.29) is 23.9 Å². The molecule has 138 valence electrons. The lowest BCUT2D eigenvalue weighted by Gasteiger charge is -2.20. The van der Waals surface area contributed by atoms with Crippen LogP contribution in [0.5, 0.6) is 0 Å². The molecule has 26 heavy (non-hydrogen) atoms. The van der Waals surface area contributed by atoms with Crippen LogP contribution >= 0.6 is 0 Å². The van der Waals surface area contributed by atoms with Gasteiger partial charge in [0, 0.05) is 26.1 Å². The molecule has 1 aliphatic rings. The van der Waals surface area contributed by atoms with Crippen LogP contribution in [0.25, 0.3) is 10.9 Å². The summed E-state index contributed by atoms with van der Waals surface area (Å²) in [7, 11) is 0. The molecular formula is C18H23N5O3. The highest BCUT2D eigenvalue weighted by Crippen LogP contribution is 2.11. The highest BCUT2D eigenvalue weighted by molar-refractivity contribution is 5.78. The van der Waals surface area contributed by atoms with Gasteiger partial charge in [-0.25, -0.2) is 4.68 Å². The van der Waals surface area contributed by atoms with E-state index < -0.39 is 0 Å². The lowest BCUT2D eigenvalue weighted by atomic mass is 10.2. The minimum absolute atomic E-state index is 0.167. The van der Waals surface area contributed by atoms with Crippen molar-refractivity contribution in [3.63, 3.8) is 0 Å². The van der Waals surface area contributed by atoms with Crippen molar-refractivity contribution < 1.29 is 9.59 Å². The number of amides is 2. The van der Waals surface area contributed by atoms with Gasteiger partial charge in [0.05, 0.1) is 5.39 Å². The molecule has 1 fully saturated rings. The minimum atomic E-state index is -0.332. The van der Waals surface area contributed by atoms with Crippen LogP contribution in [0.15, 0.2) is 29.1 Å². The molecule has 0 spiro atoms. The molecule has 2 amide bonds. The van der Waals surface area contributed by atoms with Gasteiger partial charge in [0.2, 0.25) is 11.8 Å². The Hall–Kier alpha value is -2.77. The Morgan fingerprint density at radius 1 is 1.15 bits per heavy atom. The van der Waals surface area contributed by atoms with E-state index in [0.29, 0.717) is 36.8 Å². The van der Waals surface area contributed by atoms with Crippen LogP contribution in [0.4, 0.5) is 0 Å². The normalized spacial score (nSPS) is 15.1. The molecule has 0 saturated carbocycles. The Balaban J connectivity index is 1.48. The number of benzene rings is 1. The second kappa shape index (κ2) is 8.55. The second-order valence-electron chi connectivity index (χ2n) is 6.46. The van der Waals surface area contributed by atoms with Crippen molar-refractivity contribution in [2.45, 2.75) is 38.6 Å². The van der Waals surface area contributed by atoms with E-state index in [1.807, 2.05) is 4.90 Å². The van der Waals surface area contributed by atoms with Crippen LogP contribution in [0, 0.1) is 0 Å². The average molecular weight is 357 g/mol. The van der Waals surface area contributed by atoms with E-state index in [1.54, 1.807) is 24.3 Å². The van der Waals surface area contributed by atoms with Gasteiger partial charge in [-0.3, -0.25) is 14.4 Å². The average Bonchev–Trinajstić information content (AvgIpc) is 2.86. The van der Waals surface area contributed by atoms with Crippen molar-refractivity contribution in [3.8, 4) is 0 Å². The van der Waals surface area contributed by atoms with E-state index in [4.69, 9.17) is 0 Å². The maximum atomic E-state index is 12.3. The Morgan fingerprint density at radius 3 is 2.88 bits per heavy atom. The molecule has 0 radical (unpaired) electrons. The number of nitrogens with zero attached hydrogens (tertiary/aromatic N) is 4. The monoisotopic (exact) mass is 357 g/mol. The Morgan fingerprint density at radius 2 is 2.00 bits per heavy atom. The van der Waals surface area contributed by atoms with Crippen LogP contribution < -0.4 is 10.9 Å². The van der Waals surface area contributed by atoms with Crippen molar-refractivity contribution >= 4 is 22.7 Å². The molecule has 1 saturated heterocycles. The smallest absolute Gasteiger partial charge is 0.278 e. The first-order valence-electron chi connectivity index (χ1n) is 9.02. The summed E-state index contributed by atoms with van der Waals surface area (Å²) < 4.78 is 1.07. The molecule has 1 aliphatic heterocycles. The van der Waals surface area contributed by atoms with Crippen molar-refractivity contribution in [3.05, 3.63) is 34.6 Å². The molecule has 1 N–H and O–H groups in total. The topological polar surface area (TPSA) is 97.2 Å². The Bertz CT molecular complexity index is 848. The van der Waals surface area contributed by atoms with Crippen LogP contribution in [-0.4, -0.2) is 51.3 Å². The van der Waals surface area contributed by atoms with Crippen molar-refractivity contribution in [2.24, 2.45) is 0 Å². The molecule has 0 aliphatic carbocycles. The zero-order valence-electron chi connectivity index (χ0n) is 14.7. The quantitative estimate of drug-likeness (QED) is 0.768. The second-order valence-corrected chi connectivity index (χ2v) is 6.46. The van der Waals surface area contributed by atoms with E-state index in [1.165, 1.54) is 0 Å². The zero-order chi connectivity index (χ0) is 18.4. The fourth-order valence-electron chi connectivity index (χ4n) is 3.09. The molecule has 2 heterocycles. The number of carbonyl (C=O) groups is 2. The van der Waals surface area contributed by atoms with Crippen LogP contribution in [-0.2, 0) is 16.1 Å².